The van der Waals surface area contributed by atoms with Crippen LogP contribution in [0.3, 0.4) is 0 Å². The molecule has 0 bridgehead atoms. The maximum absolute atomic E-state index is 12.8. The van der Waals surface area contributed by atoms with Crippen LogP contribution in [-0.2, 0) is 14.4 Å². The number of carbonyl (C=O) groups is 3. The van der Waals surface area contributed by atoms with Gasteiger partial charge in [-0.25, -0.2) is 4.79 Å². The van der Waals surface area contributed by atoms with Crippen LogP contribution in [0.1, 0.15) is 11.6 Å². The van der Waals surface area contributed by atoms with Gasteiger partial charge in [0.2, 0.25) is 5.91 Å². The first kappa shape index (κ1) is 22.1. The predicted octanol–water partition coefficient (Wildman–Crippen LogP) is 1.06. The molecule has 1 aromatic carbocycles. The summed E-state index contributed by atoms with van der Waals surface area (Å²) < 4.78 is 1.02. The Morgan fingerprint density at radius 2 is 2.13 bits per heavy atom. The van der Waals surface area contributed by atoms with Crippen molar-refractivity contribution < 1.29 is 19.5 Å². The highest BCUT2D eigenvalue weighted by molar-refractivity contribution is 8.21. The number of carbonyl (C=O) groups excluding carboxylic acids is 2. The van der Waals surface area contributed by atoms with E-state index in [-0.39, 0.29) is 5.70 Å². The predicted molar refractivity (Wildman–Crippen MR) is 122 cm³/mol. The van der Waals surface area contributed by atoms with Gasteiger partial charge in [0.1, 0.15) is 23.2 Å². The molecule has 12 heteroatoms. The molecule has 0 aromatic heterocycles. The minimum Gasteiger partial charge on any atom is -0.477 e. The fraction of sp³-hybridized carbons (Fsp3) is 0.316. The molecule has 4 rings (SSSR count). The number of amides is 2. The third-order valence-corrected chi connectivity index (χ3v) is 8.48. The van der Waals surface area contributed by atoms with Crippen molar-refractivity contribution >= 4 is 53.3 Å². The smallest absolute Gasteiger partial charge is 0.352 e. The fourth-order valence-corrected chi connectivity index (χ4v) is 6.69. The van der Waals surface area contributed by atoms with Gasteiger partial charge in [-0.1, -0.05) is 30.3 Å². The minimum absolute atomic E-state index is 0.0176. The standard InChI is InChI=1S/C19H21N5O4S3/c1-23-7-12(31-22-23)29-8-11-9-30-18-14(17(26)24(18)15(11)19(27)28)21-16(25)13(20)10-5-3-2-4-6-10/h2-7,13-14,18,22H,8-9,20H2,1H3,(H,21,25)(H,27,28)/t13?,14?,18-/m0/s1. The van der Waals surface area contributed by atoms with Crippen molar-refractivity contribution in [1.29, 1.82) is 0 Å². The first-order chi connectivity index (χ1) is 14.9. The van der Waals surface area contributed by atoms with E-state index in [1.807, 2.05) is 24.3 Å². The van der Waals surface area contributed by atoms with Gasteiger partial charge in [0, 0.05) is 24.8 Å². The van der Waals surface area contributed by atoms with E-state index in [2.05, 4.69) is 10.1 Å². The topological polar surface area (TPSA) is 128 Å². The second-order valence-corrected chi connectivity index (χ2v) is 10.3. The SMILES string of the molecule is CN1C=C(SCC2=C(C(=O)O)N3C(=O)C(NC(=O)C(N)c4ccccc4)[C@@H]3SC2)SN1. The Balaban J connectivity index is 1.44. The first-order valence-electron chi connectivity index (χ1n) is 9.37. The molecule has 0 aliphatic carbocycles. The van der Waals surface area contributed by atoms with Gasteiger partial charge in [0.05, 0.1) is 4.24 Å². The summed E-state index contributed by atoms with van der Waals surface area (Å²) >= 11 is 4.42. The molecular formula is C19H21N5O4S3. The summed E-state index contributed by atoms with van der Waals surface area (Å²) in [6, 6.07) is 7.20. The number of fused-ring (bicyclic) bond motifs is 1. The Bertz CT molecular complexity index is 971. The largest absolute Gasteiger partial charge is 0.477 e. The molecule has 9 nitrogen and oxygen atoms in total. The highest BCUT2D eigenvalue weighted by Crippen LogP contribution is 2.42. The van der Waals surface area contributed by atoms with E-state index in [1.54, 1.807) is 24.3 Å². The van der Waals surface area contributed by atoms with Gasteiger partial charge in [0.25, 0.3) is 5.91 Å². The van der Waals surface area contributed by atoms with Crippen LogP contribution in [0.25, 0.3) is 0 Å². The van der Waals surface area contributed by atoms with Crippen LogP contribution < -0.4 is 15.9 Å². The summed E-state index contributed by atoms with van der Waals surface area (Å²) in [4.78, 5) is 41.6. The molecule has 3 atom stereocenters. The Morgan fingerprint density at radius 3 is 2.77 bits per heavy atom. The fourth-order valence-electron chi connectivity index (χ4n) is 3.40. The van der Waals surface area contributed by atoms with Crippen molar-refractivity contribution in [3.63, 3.8) is 0 Å². The summed E-state index contributed by atoms with van der Waals surface area (Å²) in [6.45, 7) is 0. The van der Waals surface area contributed by atoms with Gasteiger partial charge in [-0.05, 0) is 23.1 Å². The number of nitrogens with two attached hydrogens (primary N) is 1. The third kappa shape index (κ3) is 4.44. The molecule has 2 unspecified atom stereocenters. The van der Waals surface area contributed by atoms with Crippen LogP contribution in [0, 0.1) is 0 Å². The molecular weight excluding hydrogens is 458 g/mol. The van der Waals surface area contributed by atoms with Crippen LogP contribution >= 0.6 is 35.5 Å². The molecule has 3 aliphatic rings. The quantitative estimate of drug-likeness (QED) is 0.333. The van der Waals surface area contributed by atoms with Crippen molar-refractivity contribution in [2.24, 2.45) is 5.73 Å². The van der Waals surface area contributed by atoms with Crippen molar-refractivity contribution in [3.05, 3.63) is 57.6 Å². The Hall–Kier alpha value is -2.12. The van der Waals surface area contributed by atoms with Gasteiger partial charge < -0.3 is 21.2 Å². The lowest BCUT2D eigenvalue weighted by Gasteiger charge is -2.49. The van der Waals surface area contributed by atoms with Gasteiger partial charge in [-0.15, -0.1) is 23.5 Å². The van der Waals surface area contributed by atoms with Crippen molar-refractivity contribution in [2.75, 3.05) is 18.6 Å². The molecule has 0 saturated carbocycles. The molecule has 3 aliphatic heterocycles. The second-order valence-electron chi connectivity index (χ2n) is 7.08. The zero-order valence-corrected chi connectivity index (χ0v) is 18.9. The number of carboxylic acid groups (broad SMARTS) is 1. The molecule has 2 amide bonds. The number of hydrazine groups is 1. The summed E-state index contributed by atoms with van der Waals surface area (Å²) in [5.41, 5.74) is 7.37. The average molecular weight is 480 g/mol. The zero-order chi connectivity index (χ0) is 22.1. The lowest BCUT2D eigenvalue weighted by Crippen LogP contribution is -2.71. The van der Waals surface area contributed by atoms with E-state index >= 15 is 0 Å². The summed E-state index contributed by atoms with van der Waals surface area (Å²) in [5, 5.41) is 13.8. The van der Waals surface area contributed by atoms with Crippen molar-refractivity contribution in [3.8, 4) is 0 Å². The highest BCUT2D eigenvalue weighted by Gasteiger charge is 2.54. The molecule has 0 radical (unpaired) electrons. The van der Waals surface area contributed by atoms with E-state index in [9.17, 15) is 19.5 Å². The van der Waals surface area contributed by atoms with Crippen LogP contribution in [0.5, 0.6) is 0 Å². The monoisotopic (exact) mass is 479 g/mol. The second kappa shape index (κ2) is 9.17. The van der Waals surface area contributed by atoms with E-state index < -0.39 is 35.2 Å². The first-order valence-corrected chi connectivity index (χ1v) is 12.2. The molecule has 3 heterocycles. The lowest BCUT2D eigenvalue weighted by atomic mass is 10.0. The molecule has 1 fully saturated rings. The van der Waals surface area contributed by atoms with Crippen LogP contribution in [0.15, 0.2) is 52.0 Å². The van der Waals surface area contributed by atoms with Gasteiger partial charge in [-0.2, -0.15) is 4.83 Å². The van der Waals surface area contributed by atoms with E-state index in [0.717, 1.165) is 4.24 Å². The van der Waals surface area contributed by atoms with Gasteiger partial charge >= 0.3 is 5.97 Å². The maximum Gasteiger partial charge on any atom is 0.352 e. The number of hydrogen-bond acceptors (Lipinski definition) is 9. The number of thioether (sulfide) groups is 2. The minimum atomic E-state index is -1.14. The molecule has 1 aromatic rings. The molecule has 164 valence electrons. The number of benzene rings is 1. The Morgan fingerprint density at radius 1 is 1.39 bits per heavy atom. The van der Waals surface area contributed by atoms with E-state index in [1.165, 1.54) is 40.4 Å². The van der Waals surface area contributed by atoms with Crippen LogP contribution in [0.4, 0.5) is 0 Å². The molecule has 1 saturated heterocycles. The molecule has 5 N–H and O–H groups in total. The van der Waals surface area contributed by atoms with Crippen molar-refractivity contribution in [2.45, 2.75) is 17.5 Å². The summed E-state index contributed by atoms with van der Waals surface area (Å²) in [5.74, 6) is -1.09. The normalized spacial score (nSPS) is 23.8. The van der Waals surface area contributed by atoms with E-state index in [0.29, 0.717) is 22.6 Å². The number of β-lactam (4-membered cyclic amide) rings is 1. The van der Waals surface area contributed by atoms with E-state index in [4.69, 9.17) is 5.73 Å². The number of hydrogen-bond donors (Lipinski definition) is 4. The number of nitrogens with zero attached hydrogens (tertiary/aromatic N) is 2. The van der Waals surface area contributed by atoms with Gasteiger partial charge in [-0.3, -0.25) is 14.5 Å². The lowest BCUT2D eigenvalue weighted by molar-refractivity contribution is -0.150. The summed E-state index contributed by atoms with van der Waals surface area (Å²) in [6.07, 6.45) is 1.92. The van der Waals surface area contributed by atoms with Crippen molar-refractivity contribution in [1.82, 2.24) is 20.1 Å². The molecule has 0 spiro atoms. The Labute approximate surface area is 191 Å². The Kier molecular flexibility index (Phi) is 6.53. The van der Waals surface area contributed by atoms with Crippen LogP contribution in [0.2, 0.25) is 0 Å². The molecule has 31 heavy (non-hydrogen) atoms. The number of aliphatic carboxylic acids is 1. The number of carboxylic acids is 1. The maximum atomic E-state index is 12.8. The summed E-state index contributed by atoms with van der Waals surface area (Å²) in [7, 11) is 1.88. The zero-order valence-electron chi connectivity index (χ0n) is 16.5. The van der Waals surface area contributed by atoms with Gasteiger partial charge in [0.15, 0.2) is 0 Å². The highest BCUT2D eigenvalue weighted by atomic mass is 32.2. The number of nitrogens with one attached hydrogen (secondary N) is 2. The number of rotatable bonds is 7. The van der Waals surface area contributed by atoms with Crippen LogP contribution in [-0.4, -0.2) is 62.8 Å². The third-order valence-electron chi connectivity index (χ3n) is 4.97. The average Bonchev–Trinajstić information content (AvgIpc) is 3.20.